The van der Waals surface area contributed by atoms with Crippen LogP contribution in [0.25, 0.3) is 21.6 Å². The van der Waals surface area contributed by atoms with Crippen molar-refractivity contribution in [3.63, 3.8) is 0 Å². The molecule has 0 radical (unpaired) electrons. The molecule has 0 bridgehead atoms. The minimum Gasteiger partial charge on any atom is -0.497 e. The number of benzene rings is 1. The molecule has 3 heterocycles. The summed E-state index contributed by atoms with van der Waals surface area (Å²) in [6.07, 6.45) is 4.04. The molecular weight excluding hydrogens is 432 g/mol. The van der Waals surface area contributed by atoms with E-state index in [0.29, 0.717) is 29.2 Å². The first-order chi connectivity index (χ1) is 15.2. The molecule has 0 amide bonds. The van der Waals surface area contributed by atoms with E-state index in [2.05, 4.69) is 17.1 Å². The molecule has 0 spiro atoms. The lowest BCUT2D eigenvalue weighted by molar-refractivity contribution is 0.391. The Morgan fingerprint density at radius 2 is 2.19 bits per heavy atom. The molecule has 1 aliphatic carbocycles. The summed E-state index contributed by atoms with van der Waals surface area (Å²) in [7, 11) is 1.62. The van der Waals surface area contributed by atoms with Crippen molar-refractivity contribution in [2.75, 3.05) is 7.11 Å². The molecule has 0 aliphatic heterocycles. The third kappa shape index (κ3) is 3.76. The van der Waals surface area contributed by atoms with Crippen molar-refractivity contribution in [1.29, 1.82) is 0 Å². The normalized spacial score (nSPS) is 13.1. The van der Waals surface area contributed by atoms with E-state index in [9.17, 15) is 4.79 Å². The summed E-state index contributed by atoms with van der Waals surface area (Å²) < 4.78 is 12.5. The van der Waals surface area contributed by atoms with Gasteiger partial charge in [0.1, 0.15) is 10.6 Å². The van der Waals surface area contributed by atoms with Crippen molar-refractivity contribution in [1.82, 2.24) is 19.7 Å². The maximum Gasteiger partial charge on any atom is 0.263 e. The van der Waals surface area contributed by atoms with E-state index in [1.807, 2.05) is 24.3 Å². The molecule has 0 unspecified atom stereocenters. The summed E-state index contributed by atoms with van der Waals surface area (Å²) in [5.41, 5.74) is 2.13. The zero-order chi connectivity index (χ0) is 21.4. The number of fused-ring (bicyclic) bond motifs is 3. The zero-order valence-corrected chi connectivity index (χ0v) is 19.0. The van der Waals surface area contributed by atoms with Gasteiger partial charge in [0.2, 0.25) is 11.7 Å². The van der Waals surface area contributed by atoms with E-state index in [1.165, 1.54) is 22.2 Å². The van der Waals surface area contributed by atoms with Crippen LogP contribution >= 0.6 is 23.1 Å². The van der Waals surface area contributed by atoms with E-state index in [4.69, 9.17) is 14.2 Å². The van der Waals surface area contributed by atoms with Gasteiger partial charge in [-0.15, -0.1) is 11.3 Å². The molecule has 1 aromatic carbocycles. The molecule has 160 valence electrons. The summed E-state index contributed by atoms with van der Waals surface area (Å²) in [6.45, 7) is 2.72. The molecule has 9 heteroatoms. The Hall–Kier alpha value is -2.65. The number of aromatic nitrogens is 4. The number of methoxy groups -OCH3 is 1. The molecule has 3 aromatic heterocycles. The Kier molecular flexibility index (Phi) is 5.54. The Morgan fingerprint density at radius 3 is 3.03 bits per heavy atom. The van der Waals surface area contributed by atoms with Crippen LogP contribution in [0.15, 0.2) is 38.7 Å². The van der Waals surface area contributed by atoms with Crippen molar-refractivity contribution in [3.8, 4) is 17.1 Å². The first-order valence-electron chi connectivity index (χ1n) is 10.3. The minimum absolute atomic E-state index is 0.0800. The van der Waals surface area contributed by atoms with Crippen molar-refractivity contribution < 1.29 is 9.26 Å². The van der Waals surface area contributed by atoms with E-state index >= 15 is 0 Å². The van der Waals surface area contributed by atoms with Crippen LogP contribution in [0.1, 0.15) is 36.1 Å². The van der Waals surface area contributed by atoms with Gasteiger partial charge in [0.15, 0.2) is 5.16 Å². The fourth-order valence-corrected chi connectivity index (χ4v) is 6.07. The van der Waals surface area contributed by atoms with Crippen LogP contribution in [-0.4, -0.2) is 26.8 Å². The molecule has 5 rings (SSSR count). The summed E-state index contributed by atoms with van der Waals surface area (Å²) in [5, 5.41) is 5.63. The topological polar surface area (TPSA) is 83.0 Å². The summed E-state index contributed by atoms with van der Waals surface area (Å²) in [4.78, 5) is 24.8. The number of hydrogen-bond acceptors (Lipinski definition) is 8. The standard InChI is InChI=1S/C22H22N4O3S2/c1-3-10-26-21(27)18-15-8-5-9-16(15)31-20(18)24-22(26)30-12-17-23-19(25-29-17)13-6-4-7-14(11-13)28-2/h4,6-7,11H,3,5,8-10,12H2,1-2H3. The molecule has 1 aliphatic rings. The Balaban J connectivity index is 1.43. The van der Waals surface area contributed by atoms with Crippen LogP contribution in [0.2, 0.25) is 0 Å². The van der Waals surface area contributed by atoms with Gasteiger partial charge in [-0.2, -0.15) is 4.98 Å². The maximum absolute atomic E-state index is 13.3. The van der Waals surface area contributed by atoms with Gasteiger partial charge < -0.3 is 9.26 Å². The smallest absolute Gasteiger partial charge is 0.263 e. The highest BCUT2D eigenvalue weighted by atomic mass is 32.2. The second-order valence-electron chi connectivity index (χ2n) is 7.42. The highest BCUT2D eigenvalue weighted by molar-refractivity contribution is 7.98. The van der Waals surface area contributed by atoms with Gasteiger partial charge in [0.25, 0.3) is 5.56 Å². The highest BCUT2D eigenvalue weighted by Gasteiger charge is 2.23. The third-order valence-electron chi connectivity index (χ3n) is 5.36. The fraction of sp³-hybridized carbons (Fsp3) is 0.364. The first-order valence-corrected chi connectivity index (χ1v) is 12.1. The van der Waals surface area contributed by atoms with Gasteiger partial charge in [-0.05, 0) is 43.4 Å². The zero-order valence-electron chi connectivity index (χ0n) is 17.4. The van der Waals surface area contributed by atoms with Crippen molar-refractivity contribution in [2.24, 2.45) is 0 Å². The SMILES string of the molecule is CCCn1c(SCc2nc(-c3cccc(OC)c3)no2)nc2sc3c(c2c1=O)CCC3. The van der Waals surface area contributed by atoms with Gasteiger partial charge in [-0.3, -0.25) is 9.36 Å². The maximum atomic E-state index is 13.3. The van der Waals surface area contributed by atoms with Gasteiger partial charge >= 0.3 is 0 Å². The lowest BCUT2D eigenvalue weighted by Gasteiger charge is -2.10. The monoisotopic (exact) mass is 454 g/mol. The van der Waals surface area contributed by atoms with Crippen LogP contribution < -0.4 is 10.3 Å². The van der Waals surface area contributed by atoms with Gasteiger partial charge in [-0.25, -0.2) is 4.98 Å². The Morgan fingerprint density at radius 1 is 1.29 bits per heavy atom. The lowest BCUT2D eigenvalue weighted by atomic mass is 10.2. The van der Waals surface area contributed by atoms with Crippen LogP contribution in [0.4, 0.5) is 0 Å². The van der Waals surface area contributed by atoms with Gasteiger partial charge in [0.05, 0.1) is 18.2 Å². The molecular formula is C22H22N4O3S2. The summed E-state index contributed by atoms with van der Waals surface area (Å²) >= 11 is 3.13. The second kappa shape index (κ2) is 8.47. The number of hydrogen-bond donors (Lipinski definition) is 0. The van der Waals surface area contributed by atoms with Crippen LogP contribution in [0.5, 0.6) is 5.75 Å². The van der Waals surface area contributed by atoms with Crippen molar-refractivity contribution in [2.45, 2.75) is 50.1 Å². The van der Waals surface area contributed by atoms with Gasteiger partial charge in [0, 0.05) is 17.0 Å². The van der Waals surface area contributed by atoms with Crippen LogP contribution in [-0.2, 0) is 25.1 Å². The predicted molar refractivity (Wildman–Crippen MR) is 122 cm³/mol. The number of rotatable bonds is 7. The highest BCUT2D eigenvalue weighted by Crippen LogP contribution is 2.36. The Bertz CT molecular complexity index is 1310. The number of ether oxygens (including phenoxy) is 1. The van der Waals surface area contributed by atoms with Crippen LogP contribution in [0.3, 0.4) is 0 Å². The van der Waals surface area contributed by atoms with Gasteiger partial charge in [-0.1, -0.05) is 36.0 Å². The lowest BCUT2D eigenvalue weighted by Crippen LogP contribution is -2.23. The van der Waals surface area contributed by atoms with E-state index in [-0.39, 0.29) is 5.56 Å². The minimum atomic E-state index is 0.0800. The molecule has 31 heavy (non-hydrogen) atoms. The summed E-state index contributed by atoms with van der Waals surface area (Å²) in [5.74, 6) is 2.19. The number of aryl methyl sites for hydroxylation is 2. The van der Waals surface area contributed by atoms with E-state index < -0.39 is 0 Å². The fourth-order valence-electron chi connectivity index (χ4n) is 3.91. The molecule has 0 atom stereocenters. The molecule has 0 saturated heterocycles. The average molecular weight is 455 g/mol. The van der Waals surface area contributed by atoms with Crippen molar-refractivity contribution >= 4 is 33.3 Å². The molecule has 4 aromatic rings. The molecule has 0 fully saturated rings. The summed E-state index contributed by atoms with van der Waals surface area (Å²) in [6, 6.07) is 7.54. The molecule has 0 N–H and O–H groups in total. The first kappa shape index (κ1) is 20.3. The second-order valence-corrected chi connectivity index (χ2v) is 9.45. The third-order valence-corrected chi connectivity index (χ3v) is 7.50. The van der Waals surface area contributed by atoms with Crippen LogP contribution in [0, 0.1) is 0 Å². The van der Waals surface area contributed by atoms with Crippen molar-refractivity contribution in [3.05, 3.63) is 51.0 Å². The number of thioether (sulfide) groups is 1. The number of thiophene rings is 1. The van der Waals surface area contributed by atoms with E-state index in [1.54, 1.807) is 23.0 Å². The quantitative estimate of drug-likeness (QED) is 0.295. The number of nitrogens with zero attached hydrogens (tertiary/aromatic N) is 4. The predicted octanol–water partition coefficient (Wildman–Crippen LogP) is 4.71. The molecule has 7 nitrogen and oxygen atoms in total. The molecule has 0 saturated carbocycles. The van der Waals surface area contributed by atoms with E-state index in [0.717, 1.165) is 47.2 Å². The average Bonchev–Trinajstić information content (AvgIpc) is 3.50. The Labute approximate surface area is 187 Å². The largest absolute Gasteiger partial charge is 0.497 e.